The summed E-state index contributed by atoms with van der Waals surface area (Å²) < 4.78 is 27.2. The van der Waals surface area contributed by atoms with Crippen molar-refractivity contribution >= 4 is 18.3 Å². The molecule has 0 saturated carbocycles. The zero-order valence-electron chi connectivity index (χ0n) is 20.3. The van der Waals surface area contributed by atoms with Gasteiger partial charge in [-0.3, -0.25) is 9.69 Å². The summed E-state index contributed by atoms with van der Waals surface area (Å²) in [5.74, 6) is 2.72. The number of methoxy groups -OCH3 is 5. The molecule has 2 aliphatic heterocycles. The fourth-order valence-corrected chi connectivity index (χ4v) is 4.94. The predicted octanol–water partition coefficient (Wildman–Crippen LogP) is 3.64. The number of carbonyl (C=O) groups is 1. The third-order valence-corrected chi connectivity index (χ3v) is 6.65. The Morgan fingerprint density at radius 2 is 1.47 bits per heavy atom. The molecule has 186 valence electrons. The van der Waals surface area contributed by atoms with Crippen LogP contribution < -0.4 is 29.0 Å². The molecule has 2 aromatic carbocycles. The van der Waals surface area contributed by atoms with E-state index in [1.54, 1.807) is 47.7 Å². The molecule has 1 amide bonds. The molecular weight excluding hydrogens is 460 g/mol. The van der Waals surface area contributed by atoms with Crippen molar-refractivity contribution in [1.29, 1.82) is 0 Å². The number of rotatable bonds is 7. The summed E-state index contributed by atoms with van der Waals surface area (Å²) in [5.41, 5.74) is 3.01. The van der Waals surface area contributed by atoms with Crippen LogP contribution in [-0.2, 0) is 6.42 Å². The number of hydrogen-bond acceptors (Lipinski definition) is 7. The van der Waals surface area contributed by atoms with Crippen LogP contribution in [0, 0.1) is 0 Å². The van der Waals surface area contributed by atoms with Crippen LogP contribution in [0.3, 0.4) is 0 Å². The molecule has 0 aromatic heterocycles. The van der Waals surface area contributed by atoms with Gasteiger partial charge < -0.3 is 29.0 Å². The molecule has 4 rings (SSSR count). The van der Waals surface area contributed by atoms with Gasteiger partial charge in [0.15, 0.2) is 23.0 Å². The highest BCUT2D eigenvalue weighted by atomic mass is 35.5. The Kier molecular flexibility index (Phi) is 8.38. The molecule has 9 heteroatoms. The van der Waals surface area contributed by atoms with Gasteiger partial charge in [0.1, 0.15) is 0 Å². The second kappa shape index (κ2) is 11.1. The van der Waals surface area contributed by atoms with Crippen molar-refractivity contribution in [2.75, 3.05) is 48.6 Å². The molecule has 8 nitrogen and oxygen atoms in total. The van der Waals surface area contributed by atoms with E-state index in [9.17, 15) is 4.79 Å². The van der Waals surface area contributed by atoms with Gasteiger partial charge in [-0.2, -0.15) is 0 Å². The first-order chi connectivity index (χ1) is 16.0. The van der Waals surface area contributed by atoms with E-state index in [4.69, 9.17) is 23.7 Å². The number of amides is 1. The van der Waals surface area contributed by atoms with Gasteiger partial charge in [-0.05, 0) is 54.7 Å². The van der Waals surface area contributed by atoms with Gasteiger partial charge in [-0.1, -0.05) is 0 Å². The average Bonchev–Trinajstić information content (AvgIpc) is 2.86. The van der Waals surface area contributed by atoms with Crippen molar-refractivity contribution in [3.63, 3.8) is 0 Å². The summed E-state index contributed by atoms with van der Waals surface area (Å²) in [6.45, 7) is 1.93. The molecule has 2 aliphatic rings. The van der Waals surface area contributed by atoms with Crippen LogP contribution in [0.15, 0.2) is 24.3 Å². The number of fused-ring (bicyclic) bond motifs is 3. The van der Waals surface area contributed by atoms with E-state index in [1.807, 2.05) is 0 Å². The SMILES string of the molecule is COc1cc2c(cc1OC)C1CC(NC(=O)c3cc(OC)c(OC)c(OC)c3)CCN1CC2.Cl. The topological polar surface area (TPSA) is 78.5 Å². The molecule has 0 aliphatic carbocycles. The van der Waals surface area contributed by atoms with Gasteiger partial charge in [0.05, 0.1) is 35.5 Å². The number of ether oxygens (including phenoxy) is 5. The Morgan fingerprint density at radius 3 is 2.06 bits per heavy atom. The Hall–Kier alpha value is -2.84. The van der Waals surface area contributed by atoms with Gasteiger partial charge in [0.2, 0.25) is 5.75 Å². The van der Waals surface area contributed by atoms with E-state index in [-0.39, 0.29) is 30.4 Å². The maximum absolute atomic E-state index is 13.1. The lowest BCUT2D eigenvalue weighted by molar-refractivity contribution is 0.0843. The number of benzene rings is 2. The van der Waals surface area contributed by atoms with Crippen molar-refractivity contribution in [2.24, 2.45) is 0 Å². The van der Waals surface area contributed by atoms with Crippen LogP contribution >= 0.6 is 12.4 Å². The quantitative estimate of drug-likeness (QED) is 0.632. The summed E-state index contributed by atoms with van der Waals surface area (Å²) in [5, 5.41) is 3.22. The minimum Gasteiger partial charge on any atom is -0.493 e. The minimum atomic E-state index is -0.156. The van der Waals surface area contributed by atoms with Crippen LogP contribution in [0.5, 0.6) is 28.7 Å². The van der Waals surface area contributed by atoms with Crippen LogP contribution in [0.25, 0.3) is 0 Å². The van der Waals surface area contributed by atoms with E-state index < -0.39 is 0 Å². The fourth-order valence-electron chi connectivity index (χ4n) is 4.94. The summed E-state index contributed by atoms with van der Waals surface area (Å²) in [6, 6.07) is 7.82. The van der Waals surface area contributed by atoms with Crippen LogP contribution in [0.4, 0.5) is 0 Å². The standard InChI is InChI=1S/C25H32N2O6.ClH/c1-29-20-10-15-6-8-27-9-7-17(13-19(27)18(15)14-21(20)30-2)26-25(28)16-11-22(31-3)24(33-5)23(12-16)32-4;/h10-12,14,17,19H,6-9,13H2,1-5H3,(H,26,28);1H. The highest BCUT2D eigenvalue weighted by molar-refractivity contribution is 5.95. The third-order valence-electron chi connectivity index (χ3n) is 6.65. The molecule has 2 heterocycles. The first-order valence-corrected chi connectivity index (χ1v) is 11.1. The number of halogens is 1. The van der Waals surface area contributed by atoms with Crippen LogP contribution in [-0.4, -0.2) is 65.5 Å². The Balaban J connectivity index is 0.00000324. The molecule has 0 radical (unpaired) electrons. The van der Waals surface area contributed by atoms with Gasteiger partial charge >= 0.3 is 0 Å². The van der Waals surface area contributed by atoms with E-state index >= 15 is 0 Å². The first kappa shape index (κ1) is 25.8. The summed E-state index contributed by atoms with van der Waals surface area (Å²) in [4.78, 5) is 15.6. The monoisotopic (exact) mass is 492 g/mol. The van der Waals surface area contributed by atoms with Crippen molar-refractivity contribution in [2.45, 2.75) is 31.3 Å². The predicted molar refractivity (Wildman–Crippen MR) is 131 cm³/mol. The van der Waals surface area contributed by atoms with E-state index in [1.165, 1.54) is 11.1 Å². The maximum atomic E-state index is 13.1. The summed E-state index contributed by atoms with van der Waals surface area (Å²) >= 11 is 0. The third kappa shape index (κ3) is 4.83. The number of carbonyl (C=O) groups excluding carboxylic acids is 1. The summed E-state index contributed by atoms with van der Waals surface area (Å²) in [6.07, 6.45) is 2.71. The molecular formula is C25H33ClN2O6. The van der Waals surface area contributed by atoms with Crippen molar-refractivity contribution in [3.05, 3.63) is 41.0 Å². The number of hydrogen-bond donors (Lipinski definition) is 1. The fraction of sp³-hybridized carbons (Fsp3) is 0.480. The van der Waals surface area contributed by atoms with Gasteiger partial charge in [0.25, 0.3) is 5.91 Å². The second-order valence-electron chi connectivity index (χ2n) is 8.32. The molecule has 2 unspecified atom stereocenters. The van der Waals surface area contributed by atoms with Crippen molar-refractivity contribution < 1.29 is 28.5 Å². The molecule has 1 N–H and O–H groups in total. The molecule has 0 bridgehead atoms. The largest absolute Gasteiger partial charge is 0.493 e. The van der Waals surface area contributed by atoms with E-state index in [0.717, 1.165) is 43.9 Å². The molecule has 1 saturated heterocycles. The lowest BCUT2D eigenvalue weighted by atomic mass is 9.84. The molecule has 34 heavy (non-hydrogen) atoms. The van der Waals surface area contributed by atoms with Crippen LogP contribution in [0.2, 0.25) is 0 Å². The number of piperidine rings is 1. The number of nitrogens with one attached hydrogen (secondary N) is 1. The van der Waals surface area contributed by atoms with Gasteiger partial charge in [0, 0.05) is 30.7 Å². The van der Waals surface area contributed by atoms with Crippen molar-refractivity contribution in [3.8, 4) is 28.7 Å². The molecule has 2 aromatic rings. The molecule has 1 fully saturated rings. The lowest BCUT2D eigenvalue weighted by Crippen LogP contribution is -2.48. The molecule has 2 atom stereocenters. The highest BCUT2D eigenvalue weighted by Crippen LogP contribution is 2.42. The number of nitrogens with zero attached hydrogens (tertiary/aromatic N) is 1. The minimum absolute atomic E-state index is 0. The Labute approximate surface area is 206 Å². The first-order valence-electron chi connectivity index (χ1n) is 11.1. The zero-order valence-corrected chi connectivity index (χ0v) is 21.1. The van der Waals surface area contributed by atoms with Crippen molar-refractivity contribution in [1.82, 2.24) is 10.2 Å². The van der Waals surface area contributed by atoms with Gasteiger partial charge in [-0.25, -0.2) is 0 Å². The second-order valence-corrected chi connectivity index (χ2v) is 8.32. The highest BCUT2D eigenvalue weighted by Gasteiger charge is 2.35. The zero-order chi connectivity index (χ0) is 23.5. The normalized spacial score (nSPS) is 19.1. The van der Waals surface area contributed by atoms with E-state index in [0.29, 0.717) is 22.8 Å². The lowest BCUT2D eigenvalue weighted by Gasteiger charge is -2.43. The summed E-state index contributed by atoms with van der Waals surface area (Å²) in [7, 11) is 7.94. The maximum Gasteiger partial charge on any atom is 0.251 e. The van der Waals surface area contributed by atoms with Crippen LogP contribution in [0.1, 0.15) is 40.4 Å². The molecule has 0 spiro atoms. The Morgan fingerprint density at radius 1 is 0.853 bits per heavy atom. The smallest absolute Gasteiger partial charge is 0.251 e. The van der Waals surface area contributed by atoms with Gasteiger partial charge in [-0.15, -0.1) is 12.4 Å². The van der Waals surface area contributed by atoms with E-state index in [2.05, 4.69) is 22.3 Å². The average molecular weight is 493 g/mol. The Bertz CT molecular complexity index is 1010.